The second-order valence-electron chi connectivity index (χ2n) is 9.39. The summed E-state index contributed by atoms with van der Waals surface area (Å²) in [6.07, 6.45) is -4.47. The first-order valence-corrected chi connectivity index (χ1v) is 12.3. The molecule has 0 saturated heterocycles. The molecule has 2 amide bonds. The van der Waals surface area contributed by atoms with Crippen molar-refractivity contribution in [2.24, 2.45) is 0 Å². The van der Waals surface area contributed by atoms with E-state index in [1.54, 1.807) is 49.4 Å². The summed E-state index contributed by atoms with van der Waals surface area (Å²) in [6, 6.07) is 20.9. The van der Waals surface area contributed by atoms with Gasteiger partial charge in [0.2, 0.25) is 0 Å². The number of nitrogens with one attached hydrogen (secondary N) is 2. The highest BCUT2D eigenvalue weighted by Gasteiger charge is 2.34. The molecule has 0 aliphatic rings. The molecule has 0 bridgehead atoms. The van der Waals surface area contributed by atoms with Crippen molar-refractivity contribution < 1.29 is 27.6 Å². The van der Waals surface area contributed by atoms with Crippen molar-refractivity contribution in [3.8, 4) is 11.1 Å². The van der Waals surface area contributed by atoms with E-state index in [-0.39, 0.29) is 34.9 Å². The van der Waals surface area contributed by atoms with Crippen LogP contribution in [0.1, 0.15) is 44.3 Å². The topological polar surface area (TPSA) is 101 Å². The summed E-state index contributed by atoms with van der Waals surface area (Å²) in [6.45, 7) is 3.11. The van der Waals surface area contributed by atoms with Gasteiger partial charge in [-0.05, 0) is 96.8 Å². The molecule has 0 aliphatic heterocycles. The van der Waals surface area contributed by atoms with Crippen molar-refractivity contribution >= 4 is 34.7 Å². The van der Waals surface area contributed by atoms with Crippen LogP contribution in [0.5, 0.6) is 0 Å². The lowest BCUT2D eigenvalue weighted by molar-refractivity contribution is -0.137. The lowest BCUT2D eigenvalue weighted by atomic mass is 9.94. The second kappa shape index (κ2) is 11.4. The Hall–Kier alpha value is -4.92. The maximum absolute atomic E-state index is 14.1. The molecule has 0 saturated carbocycles. The molecule has 0 heterocycles. The maximum atomic E-state index is 14.1. The standard InChI is InChI=1S/C31H26F3N3O3/c1-18-15-24(36-30(40)22-7-9-23(35)10-8-22)11-13-26(18)27-14-12-25(17-28(27)31(32,33)34)37-29(39)21-5-3-20(4-6-21)16-19(2)38/h3-15,17H,16,35H2,1-2H3,(H,36,40)(H,37,39). The lowest BCUT2D eigenvalue weighted by Crippen LogP contribution is -2.14. The summed E-state index contributed by atoms with van der Waals surface area (Å²) in [4.78, 5) is 36.4. The molecule has 0 aliphatic carbocycles. The fraction of sp³-hybridized carbons (Fsp3) is 0.129. The van der Waals surface area contributed by atoms with Gasteiger partial charge in [-0.15, -0.1) is 0 Å². The van der Waals surface area contributed by atoms with Crippen LogP contribution in [0, 0.1) is 6.92 Å². The van der Waals surface area contributed by atoms with Crippen LogP contribution in [0.2, 0.25) is 0 Å². The Morgan fingerprint density at radius 1 is 0.725 bits per heavy atom. The predicted molar refractivity (Wildman–Crippen MR) is 149 cm³/mol. The largest absolute Gasteiger partial charge is 0.417 e. The minimum absolute atomic E-state index is 0.0149. The molecule has 40 heavy (non-hydrogen) atoms. The highest BCUT2D eigenvalue weighted by Crippen LogP contribution is 2.40. The molecule has 0 atom stereocenters. The minimum Gasteiger partial charge on any atom is -0.399 e. The number of amides is 2. The van der Waals surface area contributed by atoms with E-state index < -0.39 is 17.6 Å². The van der Waals surface area contributed by atoms with Crippen LogP contribution in [0.15, 0.2) is 84.9 Å². The number of alkyl halides is 3. The number of carbonyl (C=O) groups excluding carboxylic acids is 3. The number of aryl methyl sites for hydroxylation is 1. The zero-order valence-electron chi connectivity index (χ0n) is 21.7. The van der Waals surface area contributed by atoms with Crippen LogP contribution in [0.3, 0.4) is 0 Å². The van der Waals surface area contributed by atoms with Crippen LogP contribution in [-0.2, 0) is 17.4 Å². The normalized spacial score (nSPS) is 11.1. The molecule has 4 N–H and O–H groups in total. The number of hydrogen-bond acceptors (Lipinski definition) is 4. The van der Waals surface area contributed by atoms with Crippen molar-refractivity contribution in [2.75, 3.05) is 16.4 Å². The van der Waals surface area contributed by atoms with Crippen molar-refractivity contribution in [2.45, 2.75) is 26.4 Å². The lowest BCUT2D eigenvalue weighted by Gasteiger charge is -2.17. The van der Waals surface area contributed by atoms with Gasteiger partial charge in [0.05, 0.1) is 5.56 Å². The Kier molecular flexibility index (Phi) is 8.04. The molecular formula is C31H26F3N3O3. The number of anilines is 3. The molecular weight excluding hydrogens is 519 g/mol. The molecule has 0 spiro atoms. The number of nitrogen functional groups attached to an aromatic ring is 1. The van der Waals surface area contributed by atoms with Gasteiger partial charge < -0.3 is 16.4 Å². The van der Waals surface area contributed by atoms with E-state index in [1.165, 1.54) is 43.3 Å². The number of benzene rings is 4. The molecule has 4 aromatic rings. The van der Waals surface area contributed by atoms with E-state index in [1.807, 2.05) is 0 Å². The van der Waals surface area contributed by atoms with Crippen LogP contribution >= 0.6 is 0 Å². The number of rotatable bonds is 7. The van der Waals surface area contributed by atoms with Crippen LogP contribution in [-0.4, -0.2) is 17.6 Å². The van der Waals surface area contributed by atoms with E-state index in [4.69, 9.17) is 5.73 Å². The first-order valence-electron chi connectivity index (χ1n) is 12.3. The van der Waals surface area contributed by atoms with E-state index in [2.05, 4.69) is 10.6 Å². The summed E-state index contributed by atoms with van der Waals surface area (Å²) in [7, 11) is 0. The molecule has 9 heteroatoms. The molecule has 0 unspecified atom stereocenters. The van der Waals surface area contributed by atoms with Gasteiger partial charge >= 0.3 is 6.18 Å². The van der Waals surface area contributed by atoms with E-state index in [9.17, 15) is 27.6 Å². The zero-order chi connectivity index (χ0) is 29.0. The van der Waals surface area contributed by atoms with Crippen LogP contribution < -0.4 is 16.4 Å². The molecule has 4 rings (SSSR count). The van der Waals surface area contributed by atoms with Crippen molar-refractivity contribution in [3.63, 3.8) is 0 Å². The molecule has 4 aromatic carbocycles. The van der Waals surface area contributed by atoms with Crippen LogP contribution in [0.4, 0.5) is 30.2 Å². The minimum atomic E-state index is -4.70. The average Bonchev–Trinajstić information content (AvgIpc) is 2.89. The Morgan fingerprint density at radius 3 is 1.73 bits per heavy atom. The third-order valence-electron chi connectivity index (χ3n) is 6.20. The van der Waals surface area contributed by atoms with Crippen molar-refractivity contribution in [1.82, 2.24) is 0 Å². The van der Waals surface area contributed by atoms with Gasteiger partial charge in [-0.2, -0.15) is 13.2 Å². The SMILES string of the molecule is CC(=O)Cc1ccc(C(=O)Nc2ccc(-c3ccc(NC(=O)c4ccc(N)cc4)cc3C)c(C(F)(F)F)c2)cc1. The molecule has 204 valence electrons. The Labute approximate surface area is 229 Å². The molecule has 6 nitrogen and oxygen atoms in total. The number of hydrogen-bond donors (Lipinski definition) is 3. The van der Waals surface area contributed by atoms with E-state index in [0.29, 0.717) is 28.1 Å². The quantitative estimate of drug-likeness (QED) is 0.220. The number of nitrogens with two attached hydrogens (primary N) is 1. The third kappa shape index (κ3) is 6.74. The molecule has 0 aromatic heterocycles. The first kappa shape index (κ1) is 28.1. The highest BCUT2D eigenvalue weighted by molar-refractivity contribution is 6.05. The molecule has 0 fully saturated rings. The third-order valence-corrected chi connectivity index (χ3v) is 6.20. The van der Waals surface area contributed by atoms with Crippen molar-refractivity contribution in [1.29, 1.82) is 0 Å². The van der Waals surface area contributed by atoms with Gasteiger partial charge in [0.1, 0.15) is 5.78 Å². The summed E-state index contributed by atoms with van der Waals surface area (Å²) in [5, 5.41) is 5.25. The number of halogens is 3. The summed E-state index contributed by atoms with van der Waals surface area (Å²) >= 11 is 0. The predicted octanol–water partition coefficient (Wildman–Crippen LogP) is 6.90. The summed E-state index contributed by atoms with van der Waals surface area (Å²) in [5.41, 5.74) is 7.82. The number of Topliss-reactive ketones (excluding diaryl/α,β-unsaturated/α-hetero) is 1. The fourth-order valence-electron chi connectivity index (χ4n) is 4.24. The van der Waals surface area contributed by atoms with Gasteiger partial charge in [0.25, 0.3) is 11.8 Å². The average molecular weight is 546 g/mol. The highest BCUT2D eigenvalue weighted by atomic mass is 19.4. The van der Waals surface area contributed by atoms with Gasteiger partial charge in [0.15, 0.2) is 0 Å². The van der Waals surface area contributed by atoms with Gasteiger partial charge in [-0.1, -0.05) is 24.3 Å². The van der Waals surface area contributed by atoms with Gasteiger partial charge in [-0.25, -0.2) is 0 Å². The number of ketones is 1. The molecule has 0 radical (unpaired) electrons. The maximum Gasteiger partial charge on any atom is 0.417 e. The summed E-state index contributed by atoms with van der Waals surface area (Å²) in [5.74, 6) is -0.978. The van der Waals surface area contributed by atoms with Gasteiger partial charge in [-0.3, -0.25) is 14.4 Å². The zero-order valence-corrected chi connectivity index (χ0v) is 21.7. The monoisotopic (exact) mass is 545 g/mol. The fourth-order valence-corrected chi connectivity index (χ4v) is 4.24. The number of carbonyl (C=O) groups is 3. The van der Waals surface area contributed by atoms with Crippen molar-refractivity contribution in [3.05, 3.63) is 113 Å². The van der Waals surface area contributed by atoms with E-state index >= 15 is 0 Å². The second-order valence-corrected chi connectivity index (χ2v) is 9.39. The Balaban J connectivity index is 1.56. The smallest absolute Gasteiger partial charge is 0.399 e. The van der Waals surface area contributed by atoms with E-state index in [0.717, 1.165) is 11.6 Å². The summed E-state index contributed by atoms with van der Waals surface area (Å²) < 4.78 is 42.3. The Morgan fingerprint density at radius 2 is 1.23 bits per heavy atom. The van der Waals surface area contributed by atoms with Crippen LogP contribution in [0.25, 0.3) is 11.1 Å². The first-order chi connectivity index (χ1) is 18.9. The Bertz CT molecular complexity index is 1580. The van der Waals surface area contributed by atoms with Gasteiger partial charge in [0, 0.05) is 34.6 Å².